The monoisotopic (exact) mass is 335 g/mol. The van der Waals surface area contributed by atoms with Crippen LogP contribution in [0, 0.1) is 0 Å². The highest BCUT2D eigenvalue weighted by Crippen LogP contribution is 2.25. The number of methoxy groups -OCH3 is 1. The molecule has 11 heteroatoms. The molecule has 122 valence electrons. The standard InChI is InChI=1S/C11H15F2N5O3S/c1-21-11(20)18-4-2-3-6(5-18)14-9(19)15-10-17-16-8(22-10)7(12)13/h6-7H,2-5H2,1H3,(H2,14,15,17,19)/t6-/m1/s1. The number of halogens is 2. The third-order valence-electron chi connectivity index (χ3n) is 3.04. The summed E-state index contributed by atoms with van der Waals surface area (Å²) in [6.45, 7) is 0.902. The van der Waals surface area contributed by atoms with Gasteiger partial charge >= 0.3 is 12.1 Å². The molecule has 1 aliphatic rings. The van der Waals surface area contributed by atoms with Crippen molar-refractivity contribution < 1.29 is 23.1 Å². The van der Waals surface area contributed by atoms with Crippen molar-refractivity contribution in [1.82, 2.24) is 20.4 Å². The van der Waals surface area contributed by atoms with Crippen molar-refractivity contribution in [2.45, 2.75) is 25.3 Å². The van der Waals surface area contributed by atoms with E-state index in [0.717, 1.165) is 6.42 Å². The Balaban J connectivity index is 1.84. The van der Waals surface area contributed by atoms with E-state index in [1.165, 1.54) is 12.0 Å². The van der Waals surface area contributed by atoms with E-state index >= 15 is 0 Å². The number of urea groups is 1. The predicted octanol–water partition coefficient (Wildman–Crippen LogP) is 1.83. The van der Waals surface area contributed by atoms with E-state index in [1.54, 1.807) is 0 Å². The molecule has 2 N–H and O–H groups in total. The molecule has 2 heterocycles. The number of carbonyl (C=O) groups excluding carboxylic acids is 2. The van der Waals surface area contributed by atoms with Gasteiger partial charge in [0.1, 0.15) is 0 Å². The topological polar surface area (TPSA) is 96.5 Å². The summed E-state index contributed by atoms with van der Waals surface area (Å²) in [5.41, 5.74) is 0. The molecule has 0 spiro atoms. The van der Waals surface area contributed by atoms with Crippen LogP contribution >= 0.6 is 11.3 Å². The SMILES string of the molecule is COC(=O)N1CCC[C@@H](NC(=O)Nc2nnc(C(F)F)s2)C1. The Hall–Kier alpha value is -2.04. The van der Waals surface area contributed by atoms with Gasteiger partial charge in [-0.25, -0.2) is 18.4 Å². The fraction of sp³-hybridized carbons (Fsp3) is 0.636. The van der Waals surface area contributed by atoms with E-state index in [1.807, 2.05) is 0 Å². The molecule has 0 radical (unpaired) electrons. The summed E-state index contributed by atoms with van der Waals surface area (Å²) in [7, 11) is 1.29. The average Bonchev–Trinajstić information content (AvgIpc) is 2.95. The van der Waals surface area contributed by atoms with E-state index in [-0.39, 0.29) is 11.2 Å². The summed E-state index contributed by atoms with van der Waals surface area (Å²) in [6, 6.07) is -0.816. The molecule has 1 atom stereocenters. The van der Waals surface area contributed by atoms with E-state index in [9.17, 15) is 18.4 Å². The molecular formula is C11H15F2N5O3S. The van der Waals surface area contributed by atoms with Crippen molar-refractivity contribution in [1.29, 1.82) is 0 Å². The van der Waals surface area contributed by atoms with Crippen LogP contribution in [0.15, 0.2) is 0 Å². The maximum Gasteiger partial charge on any atom is 0.409 e. The molecule has 1 aliphatic heterocycles. The molecule has 3 amide bonds. The highest BCUT2D eigenvalue weighted by Gasteiger charge is 2.25. The summed E-state index contributed by atoms with van der Waals surface area (Å²) in [5.74, 6) is 0. The first-order valence-corrected chi connectivity index (χ1v) is 7.33. The summed E-state index contributed by atoms with van der Waals surface area (Å²) in [6.07, 6.45) is -1.73. The summed E-state index contributed by atoms with van der Waals surface area (Å²) in [5, 5.41) is 11.3. The summed E-state index contributed by atoms with van der Waals surface area (Å²) >= 11 is 0.612. The van der Waals surface area contributed by atoms with Crippen molar-refractivity contribution in [3.63, 3.8) is 0 Å². The van der Waals surface area contributed by atoms with Crippen LogP contribution in [0.3, 0.4) is 0 Å². The normalized spacial score (nSPS) is 18.2. The number of nitrogens with one attached hydrogen (secondary N) is 2. The number of hydrogen-bond acceptors (Lipinski definition) is 6. The lowest BCUT2D eigenvalue weighted by Crippen LogP contribution is -2.50. The predicted molar refractivity (Wildman–Crippen MR) is 74.0 cm³/mol. The van der Waals surface area contributed by atoms with E-state index < -0.39 is 23.6 Å². The average molecular weight is 335 g/mol. The molecule has 0 saturated carbocycles. The second-order valence-corrected chi connectivity index (χ2v) is 5.61. The first-order valence-electron chi connectivity index (χ1n) is 6.51. The first-order chi connectivity index (χ1) is 10.5. The molecule has 2 rings (SSSR count). The Morgan fingerprint density at radius 1 is 1.45 bits per heavy atom. The van der Waals surface area contributed by atoms with Gasteiger partial charge in [-0.1, -0.05) is 11.3 Å². The maximum atomic E-state index is 12.4. The van der Waals surface area contributed by atoms with Gasteiger partial charge in [-0.05, 0) is 12.8 Å². The van der Waals surface area contributed by atoms with Crippen molar-refractivity contribution in [3.8, 4) is 0 Å². The van der Waals surface area contributed by atoms with E-state index in [4.69, 9.17) is 0 Å². The van der Waals surface area contributed by atoms with Gasteiger partial charge in [-0.2, -0.15) is 0 Å². The third-order valence-corrected chi connectivity index (χ3v) is 3.88. The Labute approximate surface area is 128 Å². The van der Waals surface area contributed by atoms with Crippen LogP contribution < -0.4 is 10.6 Å². The molecule has 1 saturated heterocycles. The number of carbonyl (C=O) groups is 2. The van der Waals surface area contributed by atoms with E-state index in [2.05, 4.69) is 25.6 Å². The summed E-state index contributed by atoms with van der Waals surface area (Å²) < 4.78 is 29.4. The quantitative estimate of drug-likeness (QED) is 0.878. The van der Waals surface area contributed by atoms with Gasteiger partial charge in [-0.15, -0.1) is 10.2 Å². The first kappa shape index (κ1) is 16.3. The van der Waals surface area contributed by atoms with Gasteiger partial charge in [0, 0.05) is 19.1 Å². The molecule has 8 nitrogen and oxygen atoms in total. The van der Waals surface area contributed by atoms with Crippen LogP contribution in [-0.2, 0) is 4.74 Å². The van der Waals surface area contributed by atoms with Gasteiger partial charge in [0.15, 0.2) is 5.01 Å². The number of ether oxygens (including phenoxy) is 1. The van der Waals surface area contributed by atoms with Gasteiger partial charge < -0.3 is 15.0 Å². The molecule has 1 fully saturated rings. The summed E-state index contributed by atoms with van der Waals surface area (Å²) in [4.78, 5) is 24.7. The minimum absolute atomic E-state index is 0.00608. The molecular weight excluding hydrogens is 320 g/mol. The number of anilines is 1. The molecule has 0 unspecified atom stereocenters. The van der Waals surface area contributed by atoms with Gasteiger partial charge in [0.05, 0.1) is 7.11 Å². The van der Waals surface area contributed by atoms with Crippen molar-refractivity contribution >= 4 is 28.6 Å². The van der Waals surface area contributed by atoms with Crippen LogP contribution in [0.4, 0.5) is 23.5 Å². The second kappa shape index (κ2) is 7.29. The molecule has 22 heavy (non-hydrogen) atoms. The van der Waals surface area contributed by atoms with Crippen molar-refractivity contribution in [2.75, 3.05) is 25.5 Å². The van der Waals surface area contributed by atoms with Crippen LogP contribution in [0.5, 0.6) is 0 Å². The second-order valence-electron chi connectivity index (χ2n) is 4.60. The fourth-order valence-corrected chi connectivity index (χ4v) is 2.68. The number of nitrogens with zero attached hydrogens (tertiary/aromatic N) is 3. The zero-order valence-corrected chi connectivity index (χ0v) is 12.5. The van der Waals surface area contributed by atoms with Crippen molar-refractivity contribution in [2.24, 2.45) is 0 Å². The number of piperidine rings is 1. The fourth-order valence-electron chi connectivity index (χ4n) is 2.08. The van der Waals surface area contributed by atoms with Crippen LogP contribution in [0.2, 0.25) is 0 Å². The highest BCUT2D eigenvalue weighted by molar-refractivity contribution is 7.15. The molecule has 0 aliphatic carbocycles. The molecule has 0 bridgehead atoms. The lowest BCUT2D eigenvalue weighted by molar-refractivity contribution is 0.108. The van der Waals surface area contributed by atoms with Crippen LogP contribution in [0.1, 0.15) is 24.3 Å². The Morgan fingerprint density at radius 2 is 2.23 bits per heavy atom. The number of alkyl halides is 2. The minimum atomic E-state index is -2.72. The smallest absolute Gasteiger partial charge is 0.409 e. The largest absolute Gasteiger partial charge is 0.453 e. The van der Waals surface area contributed by atoms with Crippen LogP contribution in [-0.4, -0.2) is 53.5 Å². The molecule has 0 aromatic carbocycles. The molecule has 1 aromatic heterocycles. The zero-order chi connectivity index (χ0) is 16.1. The number of amides is 3. The Kier molecular flexibility index (Phi) is 5.41. The van der Waals surface area contributed by atoms with Crippen molar-refractivity contribution in [3.05, 3.63) is 5.01 Å². The lowest BCUT2D eigenvalue weighted by Gasteiger charge is -2.31. The third kappa shape index (κ3) is 4.23. The van der Waals surface area contributed by atoms with Gasteiger partial charge in [-0.3, -0.25) is 5.32 Å². The lowest BCUT2D eigenvalue weighted by atomic mass is 10.1. The number of likely N-dealkylation sites (tertiary alicyclic amines) is 1. The molecule has 1 aromatic rings. The zero-order valence-electron chi connectivity index (χ0n) is 11.7. The van der Waals surface area contributed by atoms with Crippen LogP contribution in [0.25, 0.3) is 0 Å². The van der Waals surface area contributed by atoms with Gasteiger partial charge in [0.2, 0.25) is 5.13 Å². The number of aromatic nitrogens is 2. The van der Waals surface area contributed by atoms with Gasteiger partial charge in [0.25, 0.3) is 6.43 Å². The number of rotatable bonds is 3. The van der Waals surface area contributed by atoms with E-state index in [0.29, 0.717) is 30.8 Å². The minimum Gasteiger partial charge on any atom is -0.453 e. The maximum absolute atomic E-state index is 12.4. The Bertz CT molecular complexity index is 542. The highest BCUT2D eigenvalue weighted by atomic mass is 32.1. The number of hydrogen-bond donors (Lipinski definition) is 2. The Morgan fingerprint density at radius 3 is 2.86 bits per heavy atom.